The largest absolute Gasteiger partial charge is 0.496 e. The van der Waals surface area contributed by atoms with Gasteiger partial charge in [-0.15, -0.1) is 0 Å². The van der Waals surface area contributed by atoms with E-state index in [-0.39, 0.29) is 0 Å². The van der Waals surface area contributed by atoms with Crippen molar-refractivity contribution in [3.63, 3.8) is 0 Å². The highest BCUT2D eigenvalue weighted by atomic mass is 16.5. The Morgan fingerprint density at radius 3 is 2.79 bits per heavy atom. The molecule has 1 saturated carbocycles. The van der Waals surface area contributed by atoms with Gasteiger partial charge in [-0.2, -0.15) is 0 Å². The molecule has 1 aliphatic rings. The van der Waals surface area contributed by atoms with Crippen molar-refractivity contribution in [2.45, 2.75) is 58.5 Å². The van der Waals surface area contributed by atoms with Crippen LogP contribution in [-0.4, -0.2) is 13.2 Å². The molecule has 3 atom stereocenters. The average Bonchev–Trinajstić information content (AvgIpc) is 2.86. The second-order valence-electron chi connectivity index (χ2n) is 5.92. The van der Waals surface area contributed by atoms with Crippen molar-refractivity contribution in [3.8, 4) is 5.75 Å². The highest BCUT2D eigenvalue weighted by Crippen LogP contribution is 2.31. The third-order valence-electron chi connectivity index (χ3n) is 4.46. The lowest BCUT2D eigenvalue weighted by atomic mass is 10.0. The molecule has 2 heteroatoms. The standard InChI is InChI=1S/C17H27NO/c1-5-14-7-8-15(11-14)18-13(3)16-10-12(2)6-9-17(16)19-4/h6,9-10,13-15,18H,5,7-8,11H2,1-4H3. The average molecular weight is 261 g/mol. The van der Waals surface area contributed by atoms with Gasteiger partial charge in [-0.3, -0.25) is 0 Å². The van der Waals surface area contributed by atoms with Crippen LogP contribution < -0.4 is 10.1 Å². The van der Waals surface area contributed by atoms with Crippen molar-refractivity contribution in [1.29, 1.82) is 0 Å². The zero-order valence-electron chi connectivity index (χ0n) is 12.7. The molecule has 3 unspecified atom stereocenters. The van der Waals surface area contributed by atoms with Gasteiger partial charge in [-0.25, -0.2) is 0 Å². The summed E-state index contributed by atoms with van der Waals surface area (Å²) < 4.78 is 5.49. The fraction of sp³-hybridized carbons (Fsp3) is 0.647. The summed E-state index contributed by atoms with van der Waals surface area (Å²) in [6, 6.07) is 7.45. The van der Waals surface area contributed by atoms with Gasteiger partial charge >= 0.3 is 0 Å². The van der Waals surface area contributed by atoms with Crippen LogP contribution in [0.5, 0.6) is 5.75 Å². The van der Waals surface area contributed by atoms with E-state index in [1.54, 1.807) is 7.11 Å². The van der Waals surface area contributed by atoms with E-state index in [0.29, 0.717) is 12.1 Å². The summed E-state index contributed by atoms with van der Waals surface area (Å²) in [7, 11) is 1.75. The Balaban J connectivity index is 2.03. The van der Waals surface area contributed by atoms with Gasteiger partial charge in [0.25, 0.3) is 0 Å². The molecule has 0 radical (unpaired) electrons. The van der Waals surface area contributed by atoms with E-state index in [1.807, 2.05) is 0 Å². The number of rotatable bonds is 5. The lowest BCUT2D eigenvalue weighted by Gasteiger charge is -2.22. The first kappa shape index (κ1) is 14.4. The first-order valence-electron chi connectivity index (χ1n) is 7.54. The number of nitrogens with one attached hydrogen (secondary N) is 1. The van der Waals surface area contributed by atoms with Crippen LogP contribution in [0.4, 0.5) is 0 Å². The molecule has 19 heavy (non-hydrogen) atoms. The minimum atomic E-state index is 0.357. The molecule has 0 bridgehead atoms. The maximum absolute atomic E-state index is 5.49. The number of aryl methyl sites for hydroxylation is 1. The van der Waals surface area contributed by atoms with E-state index in [2.05, 4.69) is 44.3 Å². The van der Waals surface area contributed by atoms with E-state index in [9.17, 15) is 0 Å². The maximum Gasteiger partial charge on any atom is 0.123 e. The molecule has 0 amide bonds. The van der Waals surface area contributed by atoms with Crippen LogP contribution in [0.15, 0.2) is 18.2 Å². The number of hydrogen-bond acceptors (Lipinski definition) is 2. The lowest BCUT2D eigenvalue weighted by Crippen LogP contribution is -2.29. The number of hydrogen-bond donors (Lipinski definition) is 1. The highest BCUT2D eigenvalue weighted by Gasteiger charge is 2.25. The van der Waals surface area contributed by atoms with Gasteiger partial charge in [0.1, 0.15) is 5.75 Å². The highest BCUT2D eigenvalue weighted by molar-refractivity contribution is 5.38. The Labute approximate surface area is 117 Å². The quantitative estimate of drug-likeness (QED) is 0.856. The summed E-state index contributed by atoms with van der Waals surface area (Å²) in [5.41, 5.74) is 2.57. The summed E-state index contributed by atoms with van der Waals surface area (Å²) in [4.78, 5) is 0. The number of methoxy groups -OCH3 is 1. The van der Waals surface area contributed by atoms with Crippen molar-refractivity contribution in [2.24, 2.45) is 5.92 Å². The Kier molecular flexibility index (Phi) is 4.87. The smallest absolute Gasteiger partial charge is 0.123 e. The van der Waals surface area contributed by atoms with Crippen molar-refractivity contribution in [3.05, 3.63) is 29.3 Å². The van der Waals surface area contributed by atoms with Gasteiger partial charge < -0.3 is 10.1 Å². The van der Waals surface area contributed by atoms with E-state index in [4.69, 9.17) is 4.74 Å². The fourth-order valence-electron chi connectivity index (χ4n) is 3.23. The summed E-state index contributed by atoms with van der Waals surface area (Å²) in [6.07, 6.45) is 5.35. The van der Waals surface area contributed by atoms with Gasteiger partial charge in [0.15, 0.2) is 0 Å². The predicted octanol–water partition coefficient (Wildman–Crippen LogP) is 4.23. The third kappa shape index (κ3) is 3.50. The van der Waals surface area contributed by atoms with Crippen molar-refractivity contribution in [1.82, 2.24) is 5.32 Å². The van der Waals surface area contributed by atoms with E-state index >= 15 is 0 Å². The molecule has 106 valence electrons. The summed E-state index contributed by atoms with van der Waals surface area (Å²) in [5.74, 6) is 1.92. The van der Waals surface area contributed by atoms with E-state index in [1.165, 1.54) is 36.8 Å². The molecule has 2 rings (SSSR count). The van der Waals surface area contributed by atoms with Crippen LogP contribution in [0, 0.1) is 12.8 Å². The van der Waals surface area contributed by atoms with Crippen LogP contribution in [0.25, 0.3) is 0 Å². The second-order valence-corrected chi connectivity index (χ2v) is 5.92. The molecule has 0 aromatic heterocycles. The Morgan fingerprint density at radius 2 is 2.16 bits per heavy atom. The Hall–Kier alpha value is -1.02. The van der Waals surface area contributed by atoms with Crippen LogP contribution in [0.1, 0.15) is 56.7 Å². The van der Waals surface area contributed by atoms with Gasteiger partial charge in [-0.1, -0.05) is 31.0 Å². The first-order chi connectivity index (χ1) is 9.13. The van der Waals surface area contributed by atoms with E-state index in [0.717, 1.165) is 11.7 Å². The molecular formula is C17H27NO. The lowest BCUT2D eigenvalue weighted by molar-refractivity contribution is 0.389. The van der Waals surface area contributed by atoms with Gasteiger partial charge in [0, 0.05) is 17.6 Å². The fourth-order valence-corrected chi connectivity index (χ4v) is 3.23. The predicted molar refractivity (Wildman–Crippen MR) is 80.7 cm³/mol. The summed E-state index contributed by atoms with van der Waals surface area (Å²) in [6.45, 7) is 6.69. The summed E-state index contributed by atoms with van der Waals surface area (Å²) >= 11 is 0. The topological polar surface area (TPSA) is 21.3 Å². The normalized spacial score (nSPS) is 24.4. The van der Waals surface area contributed by atoms with Crippen molar-refractivity contribution >= 4 is 0 Å². The Morgan fingerprint density at radius 1 is 1.37 bits per heavy atom. The monoisotopic (exact) mass is 261 g/mol. The molecule has 1 N–H and O–H groups in total. The van der Waals surface area contributed by atoms with E-state index < -0.39 is 0 Å². The molecule has 0 heterocycles. The molecule has 1 aromatic rings. The SMILES string of the molecule is CCC1CCC(NC(C)c2cc(C)ccc2OC)C1. The summed E-state index contributed by atoms with van der Waals surface area (Å²) in [5, 5.41) is 3.78. The molecule has 0 aliphatic heterocycles. The Bertz CT molecular complexity index is 416. The third-order valence-corrected chi connectivity index (χ3v) is 4.46. The minimum Gasteiger partial charge on any atom is -0.496 e. The maximum atomic E-state index is 5.49. The molecule has 1 aromatic carbocycles. The molecule has 0 saturated heterocycles. The van der Waals surface area contributed by atoms with Crippen molar-refractivity contribution < 1.29 is 4.74 Å². The van der Waals surface area contributed by atoms with Crippen molar-refractivity contribution in [2.75, 3.05) is 7.11 Å². The first-order valence-corrected chi connectivity index (χ1v) is 7.54. The minimum absolute atomic E-state index is 0.357. The van der Waals surface area contributed by atoms with Gasteiger partial charge in [0.05, 0.1) is 7.11 Å². The van der Waals surface area contributed by atoms with Crippen LogP contribution >= 0.6 is 0 Å². The zero-order chi connectivity index (χ0) is 13.8. The molecule has 2 nitrogen and oxygen atoms in total. The number of benzene rings is 1. The molecule has 1 fully saturated rings. The molecule has 0 spiro atoms. The molecular weight excluding hydrogens is 234 g/mol. The van der Waals surface area contributed by atoms with Gasteiger partial charge in [-0.05, 0) is 45.1 Å². The molecule has 1 aliphatic carbocycles. The van der Waals surface area contributed by atoms with Crippen LogP contribution in [-0.2, 0) is 0 Å². The van der Waals surface area contributed by atoms with Crippen LogP contribution in [0.2, 0.25) is 0 Å². The van der Waals surface area contributed by atoms with Gasteiger partial charge in [0.2, 0.25) is 0 Å². The zero-order valence-corrected chi connectivity index (χ0v) is 12.7. The van der Waals surface area contributed by atoms with Crippen LogP contribution in [0.3, 0.4) is 0 Å². The number of ether oxygens (including phenoxy) is 1. The second kappa shape index (κ2) is 6.42.